The maximum atomic E-state index is 10.8. The molecule has 0 aliphatic carbocycles. The van der Waals surface area contributed by atoms with Crippen LogP contribution < -0.4 is 9.47 Å². The summed E-state index contributed by atoms with van der Waals surface area (Å²) in [4.78, 5) is 25.0. The summed E-state index contributed by atoms with van der Waals surface area (Å²) in [5.74, 6) is -2.48. The summed E-state index contributed by atoms with van der Waals surface area (Å²) in [6, 6.07) is 1.50. The number of rotatable bonds is 3. The molecule has 0 fully saturated rings. The highest BCUT2D eigenvalue weighted by Gasteiger charge is 2.18. The molecule has 0 unspecified atom stereocenters. The molecular formula is C9H6N2O6S. The van der Waals surface area contributed by atoms with Gasteiger partial charge in [0.25, 0.3) is 11.1 Å². The number of ether oxygens (including phenoxy) is 2. The molecule has 9 heteroatoms. The number of thiazole rings is 1. The van der Waals surface area contributed by atoms with Crippen LogP contribution in [0, 0.1) is 0 Å². The molecule has 2 aromatic rings. The number of hydrogen-bond donors (Lipinski definition) is 1. The average Bonchev–Trinajstić information content (AvgIpc) is 2.96. The van der Waals surface area contributed by atoms with Crippen molar-refractivity contribution < 1.29 is 28.7 Å². The van der Waals surface area contributed by atoms with Gasteiger partial charge < -0.3 is 19.1 Å². The van der Waals surface area contributed by atoms with Crippen LogP contribution in [0.2, 0.25) is 0 Å². The molecule has 0 saturated heterocycles. The molecule has 94 valence electrons. The second-order valence-corrected chi connectivity index (χ2v) is 3.75. The Morgan fingerprint density at radius 1 is 1.50 bits per heavy atom. The minimum atomic E-state index is -1.69. The molecule has 1 N–H and O–H groups in total. The summed E-state index contributed by atoms with van der Waals surface area (Å²) in [5.41, 5.74) is 0.365. The van der Waals surface area contributed by atoms with Crippen molar-refractivity contribution in [3.05, 3.63) is 11.4 Å². The summed E-state index contributed by atoms with van der Waals surface area (Å²) < 4.78 is 14.2. The predicted octanol–water partition coefficient (Wildman–Crippen LogP) is 0.797. The van der Waals surface area contributed by atoms with Gasteiger partial charge in [0.1, 0.15) is 5.69 Å². The Labute approximate surface area is 104 Å². The van der Waals surface area contributed by atoms with Crippen molar-refractivity contribution in [2.75, 3.05) is 7.11 Å². The van der Waals surface area contributed by atoms with Crippen molar-refractivity contribution in [1.82, 2.24) is 10.1 Å². The molecule has 0 aromatic carbocycles. The van der Waals surface area contributed by atoms with Crippen LogP contribution in [0.15, 0.2) is 16.0 Å². The molecule has 0 radical (unpaired) electrons. The van der Waals surface area contributed by atoms with Crippen molar-refractivity contribution >= 4 is 23.3 Å². The van der Waals surface area contributed by atoms with E-state index < -0.39 is 11.9 Å². The highest BCUT2D eigenvalue weighted by molar-refractivity contribution is 7.11. The van der Waals surface area contributed by atoms with Crippen molar-refractivity contribution in [1.29, 1.82) is 0 Å². The summed E-state index contributed by atoms with van der Waals surface area (Å²) in [6.07, 6.45) is 0. The molecule has 0 bridgehead atoms. The van der Waals surface area contributed by atoms with E-state index in [1.807, 2.05) is 0 Å². The molecule has 0 amide bonds. The van der Waals surface area contributed by atoms with E-state index in [9.17, 15) is 9.59 Å². The number of aliphatic carboxylic acids is 1. The number of methoxy groups -OCH3 is 1. The number of nitrogens with zero attached hydrogens (tertiary/aromatic N) is 2. The van der Waals surface area contributed by atoms with E-state index in [0.717, 1.165) is 11.3 Å². The number of aromatic nitrogens is 2. The third-order valence-electron chi connectivity index (χ3n) is 1.79. The van der Waals surface area contributed by atoms with Crippen LogP contribution in [0.5, 0.6) is 11.1 Å². The van der Waals surface area contributed by atoms with Gasteiger partial charge in [-0.25, -0.2) is 9.59 Å². The summed E-state index contributed by atoms with van der Waals surface area (Å²) in [6.45, 7) is 0. The van der Waals surface area contributed by atoms with Gasteiger partial charge in [0.2, 0.25) is 0 Å². The first-order valence-electron chi connectivity index (χ1n) is 4.52. The zero-order chi connectivity index (χ0) is 13.1. The summed E-state index contributed by atoms with van der Waals surface area (Å²) in [5, 5.41) is 13.4. The zero-order valence-electron chi connectivity index (χ0n) is 8.95. The molecule has 8 nitrogen and oxygen atoms in total. The SMILES string of the molecule is COc1cc(-c2csc(OC(=O)C(=O)O)n2)on1. The van der Waals surface area contributed by atoms with Gasteiger partial charge in [-0.05, 0) is 5.16 Å². The van der Waals surface area contributed by atoms with Crippen LogP contribution in [-0.4, -0.2) is 34.3 Å². The Morgan fingerprint density at radius 3 is 2.89 bits per heavy atom. The molecule has 0 aliphatic rings. The molecule has 2 rings (SSSR count). The fourth-order valence-corrected chi connectivity index (χ4v) is 1.67. The van der Waals surface area contributed by atoms with E-state index in [2.05, 4.69) is 14.9 Å². The molecule has 0 aliphatic heterocycles. The predicted molar refractivity (Wildman–Crippen MR) is 57.4 cm³/mol. The van der Waals surface area contributed by atoms with E-state index in [1.54, 1.807) is 0 Å². The number of carboxylic acids is 1. The van der Waals surface area contributed by atoms with Crippen molar-refractivity contribution in [3.63, 3.8) is 0 Å². The van der Waals surface area contributed by atoms with Gasteiger partial charge in [-0.2, -0.15) is 4.98 Å². The maximum absolute atomic E-state index is 10.8. The van der Waals surface area contributed by atoms with Gasteiger partial charge in [0.15, 0.2) is 5.76 Å². The van der Waals surface area contributed by atoms with E-state index in [0.29, 0.717) is 11.5 Å². The van der Waals surface area contributed by atoms with Crippen LogP contribution in [0.1, 0.15) is 0 Å². The van der Waals surface area contributed by atoms with Crippen LogP contribution >= 0.6 is 11.3 Å². The van der Waals surface area contributed by atoms with Crippen LogP contribution in [-0.2, 0) is 9.59 Å². The second kappa shape index (κ2) is 4.84. The average molecular weight is 270 g/mol. The highest BCUT2D eigenvalue weighted by Crippen LogP contribution is 2.28. The molecule has 0 saturated carbocycles. The first-order chi connectivity index (χ1) is 8.60. The minimum absolute atomic E-state index is 0.0900. The first kappa shape index (κ1) is 12.0. The number of carbonyl (C=O) groups is 2. The largest absolute Gasteiger partial charge is 0.479 e. The lowest BCUT2D eigenvalue weighted by molar-refractivity contribution is -0.158. The first-order valence-corrected chi connectivity index (χ1v) is 5.40. The second-order valence-electron chi connectivity index (χ2n) is 2.93. The van der Waals surface area contributed by atoms with E-state index >= 15 is 0 Å². The van der Waals surface area contributed by atoms with Gasteiger partial charge in [-0.3, -0.25) is 0 Å². The fourth-order valence-electron chi connectivity index (χ4n) is 1.02. The standard InChI is InChI=1S/C9H6N2O6S/c1-15-6-2-5(17-11-6)4-3-18-9(10-4)16-8(14)7(12)13/h2-3H,1H3,(H,12,13). The van der Waals surface area contributed by atoms with Crippen molar-refractivity contribution in [2.24, 2.45) is 0 Å². The highest BCUT2D eigenvalue weighted by atomic mass is 32.1. The van der Waals surface area contributed by atoms with Crippen LogP contribution in [0.3, 0.4) is 0 Å². The summed E-state index contributed by atoms with van der Waals surface area (Å²) in [7, 11) is 1.43. The Morgan fingerprint density at radius 2 is 2.28 bits per heavy atom. The van der Waals surface area contributed by atoms with Crippen LogP contribution in [0.4, 0.5) is 0 Å². The van der Waals surface area contributed by atoms with Gasteiger partial charge in [-0.15, -0.1) is 0 Å². The lowest BCUT2D eigenvalue weighted by Crippen LogP contribution is -2.19. The normalized spacial score (nSPS) is 10.1. The Hall–Kier alpha value is -2.42. The van der Waals surface area contributed by atoms with Crippen LogP contribution in [0.25, 0.3) is 11.5 Å². The van der Waals surface area contributed by atoms with E-state index in [1.165, 1.54) is 18.6 Å². The number of hydrogen-bond acceptors (Lipinski definition) is 8. The van der Waals surface area contributed by atoms with Gasteiger partial charge in [-0.1, -0.05) is 11.3 Å². The van der Waals surface area contributed by atoms with Crippen molar-refractivity contribution in [3.8, 4) is 22.5 Å². The number of esters is 1. The van der Waals surface area contributed by atoms with E-state index in [4.69, 9.17) is 14.4 Å². The smallest absolute Gasteiger partial charge is 0.424 e. The molecule has 0 spiro atoms. The van der Waals surface area contributed by atoms with Crippen molar-refractivity contribution in [2.45, 2.75) is 0 Å². The lowest BCUT2D eigenvalue weighted by Gasteiger charge is -1.93. The topological polar surface area (TPSA) is 112 Å². The molecule has 18 heavy (non-hydrogen) atoms. The maximum Gasteiger partial charge on any atom is 0.424 e. The molecule has 0 atom stereocenters. The van der Waals surface area contributed by atoms with E-state index in [-0.39, 0.29) is 11.1 Å². The Bertz CT molecular complexity index is 589. The van der Waals surface area contributed by atoms with Gasteiger partial charge in [0, 0.05) is 5.38 Å². The molecule has 2 heterocycles. The number of carboxylic acid groups (broad SMARTS) is 1. The fraction of sp³-hybridized carbons (Fsp3) is 0.111. The Kier molecular flexibility index (Phi) is 3.24. The molecular weight excluding hydrogens is 264 g/mol. The zero-order valence-corrected chi connectivity index (χ0v) is 9.76. The minimum Gasteiger partial charge on any atom is -0.479 e. The number of carbonyl (C=O) groups excluding carboxylic acids is 1. The Balaban J connectivity index is 2.15. The monoisotopic (exact) mass is 270 g/mol. The quantitative estimate of drug-likeness (QED) is 0.643. The summed E-state index contributed by atoms with van der Waals surface area (Å²) >= 11 is 0.961. The van der Waals surface area contributed by atoms with Gasteiger partial charge in [0.05, 0.1) is 13.2 Å². The molecule has 2 aromatic heterocycles. The lowest BCUT2D eigenvalue weighted by atomic mass is 10.4. The van der Waals surface area contributed by atoms with Gasteiger partial charge >= 0.3 is 11.9 Å². The third-order valence-corrected chi connectivity index (χ3v) is 2.51. The third kappa shape index (κ3) is 2.46.